The molecule has 4 heavy (non-hydrogen) atoms. The second-order valence-electron chi connectivity index (χ2n) is 0. The molecule has 0 saturated carbocycles. The Morgan fingerprint density at radius 1 is 0.750 bits per heavy atom. The Morgan fingerprint density at radius 2 is 0.750 bits per heavy atom. The molecule has 0 amide bonds. The maximum atomic E-state index is 0. The third kappa shape index (κ3) is 8.82. The molecule has 0 aliphatic heterocycles. The first kappa shape index (κ1) is 30.9. The second kappa shape index (κ2) is 17.6. The third-order valence-corrected chi connectivity index (χ3v) is 0. The summed E-state index contributed by atoms with van der Waals surface area (Å²) in [7, 11) is 0. The maximum absolute atomic E-state index is 0. The van der Waals surface area contributed by atoms with Crippen molar-refractivity contribution in [1.82, 2.24) is 0 Å². The standard InChI is InChI=1S/BrH.2HI.Zn/h3*1H;. The van der Waals surface area contributed by atoms with Gasteiger partial charge in [0.05, 0.1) is 0 Å². The monoisotopic (exact) mass is 400 g/mol. The van der Waals surface area contributed by atoms with E-state index in [-0.39, 0.29) is 84.4 Å². The number of rotatable bonds is 0. The summed E-state index contributed by atoms with van der Waals surface area (Å²) in [5.41, 5.74) is 0. The van der Waals surface area contributed by atoms with E-state index in [1.54, 1.807) is 0 Å². The van der Waals surface area contributed by atoms with Gasteiger partial charge in [0.2, 0.25) is 0 Å². The Kier molecular flexibility index (Phi) is 136. The van der Waals surface area contributed by atoms with Crippen molar-refractivity contribution in [2.75, 3.05) is 0 Å². The fourth-order valence-electron chi connectivity index (χ4n) is 0. The Morgan fingerprint density at radius 3 is 0.750 bits per heavy atom. The van der Waals surface area contributed by atoms with Crippen LogP contribution in [0.2, 0.25) is 0 Å². The molecule has 0 aromatic rings. The minimum absolute atomic E-state index is 0. The van der Waals surface area contributed by atoms with Gasteiger partial charge in [-0.25, -0.2) is 0 Å². The van der Waals surface area contributed by atoms with E-state index in [1.165, 1.54) is 0 Å². The van der Waals surface area contributed by atoms with Gasteiger partial charge in [-0.2, -0.15) is 0 Å². The summed E-state index contributed by atoms with van der Waals surface area (Å²) in [6.07, 6.45) is 0. The number of hydrogen-bond acceptors (Lipinski definition) is 0. The topological polar surface area (TPSA) is 0 Å². The average molecular weight is 402 g/mol. The van der Waals surface area contributed by atoms with Crippen molar-refractivity contribution in [2.24, 2.45) is 0 Å². The minimum Gasteiger partial charge on any atom is -0.114 e. The van der Waals surface area contributed by atoms with E-state index in [9.17, 15) is 0 Å². The van der Waals surface area contributed by atoms with Crippen LogP contribution in [0.5, 0.6) is 0 Å². The fourth-order valence-corrected chi connectivity index (χ4v) is 0. The van der Waals surface area contributed by atoms with E-state index < -0.39 is 0 Å². The van der Waals surface area contributed by atoms with Gasteiger partial charge in [-0.3, -0.25) is 0 Å². The summed E-state index contributed by atoms with van der Waals surface area (Å²) >= 11 is 0. The molecule has 0 aromatic carbocycles. The van der Waals surface area contributed by atoms with Gasteiger partial charge in [-0.05, 0) is 0 Å². The van der Waals surface area contributed by atoms with E-state index in [1.807, 2.05) is 0 Å². The Labute approximate surface area is 83.1 Å². The van der Waals surface area contributed by atoms with Crippen LogP contribution in [0.4, 0.5) is 0 Å². The van der Waals surface area contributed by atoms with Gasteiger partial charge in [0.15, 0.2) is 0 Å². The van der Waals surface area contributed by atoms with Gasteiger partial charge < -0.3 is 0 Å². The summed E-state index contributed by atoms with van der Waals surface area (Å²) in [5, 5.41) is 0. The summed E-state index contributed by atoms with van der Waals surface area (Å²) in [6.45, 7) is 0. The van der Waals surface area contributed by atoms with Crippen LogP contribution in [0.25, 0.3) is 0 Å². The minimum atomic E-state index is 0. The molecule has 0 saturated heterocycles. The third-order valence-electron chi connectivity index (χ3n) is 0. The fraction of sp³-hybridized carbons (Fsp3) is 0. The predicted octanol–water partition coefficient (Wildman–Crippen LogP) is 1.81. The number of halogens is 3. The first-order valence-electron chi connectivity index (χ1n) is 0. The van der Waals surface area contributed by atoms with Crippen LogP contribution in [0, 0.1) is 0 Å². The molecule has 0 N–H and O–H groups in total. The van der Waals surface area contributed by atoms with E-state index in [0.717, 1.165) is 0 Å². The van der Waals surface area contributed by atoms with Gasteiger partial charge in [-0.1, -0.05) is 0 Å². The van der Waals surface area contributed by atoms with Crippen LogP contribution in [0.1, 0.15) is 0 Å². The molecule has 0 fully saturated rings. The Balaban J connectivity index is 0. The van der Waals surface area contributed by atoms with Crippen molar-refractivity contribution >= 4 is 64.9 Å². The van der Waals surface area contributed by atoms with Crippen LogP contribution < -0.4 is 0 Å². The smallest absolute Gasteiger partial charge is 0 e. The zero-order chi connectivity index (χ0) is 0. The van der Waals surface area contributed by atoms with Crippen LogP contribution in [0.3, 0.4) is 0 Å². The van der Waals surface area contributed by atoms with E-state index >= 15 is 0 Å². The summed E-state index contributed by atoms with van der Waals surface area (Å²) in [6, 6.07) is 0. The second-order valence-corrected chi connectivity index (χ2v) is 0. The average Bonchev–Trinajstić information content (AvgIpc) is 0. The molecule has 0 aromatic heterocycles. The van der Waals surface area contributed by atoms with Crippen LogP contribution in [-0.2, 0) is 19.5 Å². The largest absolute Gasteiger partial charge is 0.114 e. The van der Waals surface area contributed by atoms with Crippen molar-refractivity contribution in [2.45, 2.75) is 0 Å². The molecular weight excluding hydrogens is 399 g/mol. The van der Waals surface area contributed by atoms with Crippen molar-refractivity contribution in [1.29, 1.82) is 0 Å². The quantitative estimate of drug-likeness (QED) is 0.429. The number of hydrogen-bond donors (Lipinski definition) is 0. The van der Waals surface area contributed by atoms with E-state index in [0.29, 0.717) is 0 Å². The van der Waals surface area contributed by atoms with Gasteiger partial charge in [0.25, 0.3) is 0 Å². The van der Waals surface area contributed by atoms with Gasteiger partial charge in [0, 0.05) is 19.5 Å². The van der Waals surface area contributed by atoms with E-state index in [4.69, 9.17) is 0 Å². The molecule has 0 atom stereocenters. The van der Waals surface area contributed by atoms with Crippen LogP contribution in [-0.4, -0.2) is 0 Å². The van der Waals surface area contributed by atoms with Gasteiger partial charge >= 0.3 is 0 Å². The van der Waals surface area contributed by atoms with Crippen molar-refractivity contribution in [3.05, 3.63) is 0 Å². The van der Waals surface area contributed by atoms with Crippen molar-refractivity contribution in [3.8, 4) is 0 Å². The Hall–Kier alpha value is 2.56. The molecule has 0 aliphatic carbocycles. The zero-order valence-corrected chi connectivity index (χ0v) is 11.3. The molecule has 0 unspecified atom stereocenters. The zero-order valence-electron chi connectivity index (χ0n) is 1.93. The molecule has 26 valence electrons. The summed E-state index contributed by atoms with van der Waals surface area (Å²) < 4.78 is 0. The molecule has 0 nitrogen and oxygen atoms in total. The maximum Gasteiger partial charge on any atom is 0 e. The molecule has 0 heterocycles. The molecule has 0 rings (SSSR count). The molecule has 0 spiro atoms. The van der Waals surface area contributed by atoms with Gasteiger partial charge in [0.1, 0.15) is 0 Å². The summed E-state index contributed by atoms with van der Waals surface area (Å²) in [5.74, 6) is 0. The van der Waals surface area contributed by atoms with Crippen molar-refractivity contribution < 1.29 is 19.5 Å². The van der Waals surface area contributed by atoms with Crippen LogP contribution in [0.15, 0.2) is 0 Å². The SMILES string of the molecule is Br.I.I.[Zn]. The van der Waals surface area contributed by atoms with E-state index in [2.05, 4.69) is 0 Å². The molecular formula is H3BrI2Zn. The van der Waals surface area contributed by atoms with Gasteiger partial charge in [-0.15, -0.1) is 64.9 Å². The molecule has 0 bridgehead atoms. The first-order valence-corrected chi connectivity index (χ1v) is 0. The summed E-state index contributed by atoms with van der Waals surface area (Å²) in [4.78, 5) is 0. The molecule has 0 radical (unpaired) electrons. The molecule has 0 aliphatic rings. The molecule has 4 heteroatoms. The Bertz CT molecular complexity index is 6.00. The normalized spacial score (nSPS) is 0. The van der Waals surface area contributed by atoms with Crippen LogP contribution >= 0.6 is 64.9 Å². The first-order chi connectivity index (χ1) is 0. The predicted molar refractivity (Wildman–Crippen MR) is 41.2 cm³/mol. The van der Waals surface area contributed by atoms with Crippen molar-refractivity contribution in [3.63, 3.8) is 0 Å².